The van der Waals surface area contributed by atoms with E-state index in [1.807, 2.05) is 6.08 Å². The summed E-state index contributed by atoms with van der Waals surface area (Å²) < 4.78 is 16.5. The zero-order valence-corrected chi connectivity index (χ0v) is 42.8. The van der Waals surface area contributed by atoms with Gasteiger partial charge in [0.25, 0.3) is 0 Å². The van der Waals surface area contributed by atoms with E-state index in [0.717, 1.165) is 109 Å². The van der Waals surface area contributed by atoms with Crippen LogP contribution in [0.15, 0.2) is 170 Å². The summed E-state index contributed by atoms with van der Waals surface area (Å²) in [5.41, 5.74) is 0. The average Bonchev–Trinajstić information content (AvgIpc) is 3.34. The minimum Gasteiger partial charge on any atom is -0.462 e. The molecule has 6 heteroatoms. The highest BCUT2D eigenvalue weighted by atomic mass is 16.6. The van der Waals surface area contributed by atoms with Crippen LogP contribution in [0.4, 0.5) is 0 Å². The van der Waals surface area contributed by atoms with Crippen molar-refractivity contribution in [2.24, 2.45) is 0 Å². The second-order valence-corrected chi connectivity index (χ2v) is 16.3. The van der Waals surface area contributed by atoms with Crippen molar-refractivity contribution in [1.29, 1.82) is 0 Å². The summed E-state index contributed by atoms with van der Waals surface area (Å²) >= 11 is 0. The maximum absolute atomic E-state index is 12.7. The third-order valence-electron chi connectivity index (χ3n) is 10.00. The van der Waals surface area contributed by atoms with Crippen LogP contribution in [0.3, 0.4) is 0 Å². The van der Waals surface area contributed by atoms with E-state index in [1.54, 1.807) is 6.08 Å². The molecule has 1 atom stereocenters. The fourth-order valence-electron chi connectivity index (χ4n) is 6.16. The number of hydrogen-bond donors (Lipinski definition) is 0. The van der Waals surface area contributed by atoms with E-state index in [1.165, 1.54) is 19.3 Å². The third-order valence-corrected chi connectivity index (χ3v) is 10.00. The van der Waals surface area contributed by atoms with Gasteiger partial charge in [0.2, 0.25) is 0 Å². The molecular weight excluding hydrogens is 841 g/mol. The van der Waals surface area contributed by atoms with Crippen LogP contribution >= 0.6 is 0 Å². The molecule has 0 amide bonds. The molecule has 0 rings (SSSR count). The Morgan fingerprint density at radius 1 is 0.324 bits per heavy atom. The van der Waals surface area contributed by atoms with E-state index in [2.05, 4.69) is 179 Å². The molecule has 68 heavy (non-hydrogen) atoms. The van der Waals surface area contributed by atoms with Gasteiger partial charge in [-0.25, -0.2) is 0 Å². The van der Waals surface area contributed by atoms with Gasteiger partial charge in [0.15, 0.2) is 6.10 Å². The summed E-state index contributed by atoms with van der Waals surface area (Å²) in [4.78, 5) is 37.6. The smallest absolute Gasteiger partial charge is 0.310 e. The average molecular weight is 933 g/mol. The van der Waals surface area contributed by atoms with Crippen molar-refractivity contribution in [2.75, 3.05) is 13.2 Å². The predicted molar refractivity (Wildman–Crippen MR) is 292 cm³/mol. The Labute approximate surface area is 415 Å². The lowest BCUT2D eigenvalue weighted by molar-refractivity contribution is -0.166. The lowest BCUT2D eigenvalue weighted by Crippen LogP contribution is -2.30. The van der Waals surface area contributed by atoms with Crippen LogP contribution in [-0.2, 0) is 28.6 Å². The fraction of sp³-hybridized carbons (Fsp3) is 0.500. The molecule has 0 saturated carbocycles. The molecular formula is C62H92O6. The van der Waals surface area contributed by atoms with Gasteiger partial charge in [-0.2, -0.15) is 0 Å². The topological polar surface area (TPSA) is 78.9 Å². The minimum atomic E-state index is -0.860. The third kappa shape index (κ3) is 51.7. The predicted octanol–water partition coefficient (Wildman–Crippen LogP) is 17.6. The summed E-state index contributed by atoms with van der Waals surface area (Å²) in [6.45, 7) is 6.17. The molecule has 0 aliphatic heterocycles. The van der Waals surface area contributed by atoms with Gasteiger partial charge in [-0.3, -0.25) is 14.4 Å². The maximum Gasteiger partial charge on any atom is 0.310 e. The molecule has 0 saturated heterocycles. The van der Waals surface area contributed by atoms with Crippen molar-refractivity contribution in [3.05, 3.63) is 170 Å². The summed E-state index contributed by atoms with van der Waals surface area (Å²) in [7, 11) is 0. The van der Waals surface area contributed by atoms with Gasteiger partial charge < -0.3 is 14.2 Å². The highest BCUT2D eigenvalue weighted by molar-refractivity contribution is 5.72. The van der Waals surface area contributed by atoms with Crippen molar-refractivity contribution in [3.8, 4) is 0 Å². The molecule has 0 aromatic rings. The summed E-state index contributed by atoms with van der Waals surface area (Å²) in [5.74, 6) is -1.16. The molecule has 0 bridgehead atoms. The number of carbonyl (C=O) groups is 3. The number of rotatable bonds is 44. The Morgan fingerprint density at radius 2 is 0.618 bits per heavy atom. The molecule has 0 aliphatic rings. The second-order valence-electron chi connectivity index (χ2n) is 16.3. The van der Waals surface area contributed by atoms with E-state index in [9.17, 15) is 14.4 Å². The molecule has 0 N–H and O–H groups in total. The summed E-state index contributed by atoms with van der Waals surface area (Å²) in [5, 5.41) is 0. The lowest BCUT2D eigenvalue weighted by atomic mass is 10.1. The molecule has 6 nitrogen and oxygen atoms in total. The molecule has 1 unspecified atom stereocenters. The van der Waals surface area contributed by atoms with E-state index < -0.39 is 12.1 Å². The number of unbranched alkanes of at least 4 members (excludes halogenated alkanes) is 6. The first-order chi connectivity index (χ1) is 33.5. The van der Waals surface area contributed by atoms with E-state index in [0.29, 0.717) is 19.3 Å². The number of esters is 3. The Hall–Kier alpha value is -5.23. The van der Waals surface area contributed by atoms with Gasteiger partial charge in [-0.1, -0.05) is 223 Å². The lowest BCUT2D eigenvalue weighted by Gasteiger charge is -2.18. The van der Waals surface area contributed by atoms with Crippen molar-refractivity contribution in [3.63, 3.8) is 0 Å². The quantitative estimate of drug-likeness (QED) is 0.0262. The van der Waals surface area contributed by atoms with Gasteiger partial charge in [0.1, 0.15) is 13.2 Å². The molecule has 0 fully saturated rings. The van der Waals surface area contributed by atoms with E-state index in [-0.39, 0.29) is 38.0 Å². The van der Waals surface area contributed by atoms with Gasteiger partial charge in [0.05, 0.1) is 6.42 Å². The molecule has 0 heterocycles. The summed E-state index contributed by atoms with van der Waals surface area (Å²) in [6, 6.07) is 0. The monoisotopic (exact) mass is 933 g/mol. The van der Waals surface area contributed by atoms with Crippen LogP contribution in [-0.4, -0.2) is 37.2 Å². The standard InChI is InChI=1S/C62H92O6/c1-4-7-10-13-16-18-20-22-24-25-26-27-28-29-30-31-32-33-34-35-36-37-39-40-42-44-46-49-52-55-61(64)67-58-59(57-66-60(63)54-51-48-15-12-9-6-3)68-62(65)56-53-50-47-45-43-41-38-23-21-19-17-14-11-8-5-2/h7-8,10-11,16-19,22-24,26-27,29-30,32-33,35-36,38-40,43-46,50,53,59H,4-6,9,12-15,20-21,25,28,31,34,37,41-42,47-49,51-52,54-58H2,1-3H3/b10-7-,11-8-,18-16-,19-17-,24-22-,27-26-,30-29-,33-32-,36-35-,38-23-,40-39-,45-43-,46-44-,53-50-. The SMILES string of the molecule is CC/C=C\C/C=C\C/C=C\C/C=C\C/C=C\C/C=C\C/C=C\C/C=C\C/C=C\CCCC(=O)OCC(COC(=O)CCCCCCCC)OC(=O)C/C=C\C/C=C\C/C=C\C/C=C\C/C=C\CC. The Morgan fingerprint density at radius 3 is 0.971 bits per heavy atom. The van der Waals surface area contributed by atoms with Crippen molar-refractivity contribution in [2.45, 2.75) is 187 Å². The molecule has 376 valence electrons. The normalized spacial score (nSPS) is 13.5. The highest BCUT2D eigenvalue weighted by Gasteiger charge is 2.19. The van der Waals surface area contributed by atoms with Crippen molar-refractivity contribution < 1.29 is 28.6 Å². The first kappa shape index (κ1) is 62.8. The first-order valence-electron chi connectivity index (χ1n) is 26.1. The molecule has 0 spiro atoms. The van der Waals surface area contributed by atoms with Gasteiger partial charge in [-0.15, -0.1) is 0 Å². The first-order valence-corrected chi connectivity index (χ1v) is 26.1. The number of hydrogen-bond acceptors (Lipinski definition) is 6. The van der Waals surface area contributed by atoms with Crippen molar-refractivity contribution in [1.82, 2.24) is 0 Å². The van der Waals surface area contributed by atoms with Gasteiger partial charge >= 0.3 is 17.9 Å². The van der Waals surface area contributed by atoms with Crippen molar-refractivity contribution >= 4 is 17.9 Å². The van der Waals surface area contributed by atoms with Crippen LogP contribution in [0.25, 0.3) is 0 Å². The Kier molecular flexibility index (Phi) is 50.2. The number of ether oxygens (including phenoxy) is 3. The van der Waals surface area contributed by atoms with E-state index >= 15 is 0 Å². The molecule has 0 radical (unpaired) electrons. The molecule has 0 aromatic heterocycles. The Bertz CT molecular complexity index is 1640. The number of carbonyl (C=O) groups excluding carboxylic acids is 3. The minimum absolute atomic E-state index is 0.0764. The number of allylic oxidation sites excluding steroid dienone is 27. The van der Waals surface area contributed by atoms with Gasteiger partial charge in [-0.05, 0) is 109 Å². The zero-order chi connectivity index (χ0) is 49.3. The molecule has 0 aliphatic carbocycles. The second kappa shape index (κ2) is 54.4. The van der Waals surface area contributed by atoms with Crippen LogP contribution in [0.1, 0.15) is 181 Å². The van der Waals surface area contributed by atoms with Crippen LogP contribution < -0.4 is 0 Å². The van der Waals surface area contributed by atoms with Crippen LogP contribution in [0.2, 0.25) is 0 Å². The fourth-order valence-corrected chi connectivity index (χ4v) is 6.16. The van der Waals surface area contributed by atoms with E-state index in [4.69, 9.17) is 14.2 Å². The Balaban J connectivity index is 4.40. The zero-order valence-electron chi connectivity index (χ0n) is 42.8. The van der Waals surface area contributed by atoms with Crippen LogP contribution in [0, 0.1) is 0 Å². The van der Waals surface area contributed by atoms with Gasteiger partial charge in [0, 0.05) is 12.8 Å². The van der Waals surface area contributed by atoms with Crippen LogP contribution in [0.5, 0.6) is 0 Å². The highest BCUT2D eigenvalue weighted by Crippen LogP contribution is 2.10. The maximum atomic E-state index is 12.7. The summed E-state index contributed by atoms with van der Waals surface area (Å²) in [6.07, 6.45) is 81.2. The molecule has 0 aromatic carbocycles. The largest absolute Gasteiger partial charge is 0.462 e.